The molecule has 0 heterocycles. The molecule has 2 rings (SSSR count). The predicted octanol–water partition coefficient (Wildman–Crippen LogP) is 4.47. The van der Waals surface area contributed by atoms with Gasteiger partial charge in [0.15, 0.2) is 11.5 Å². The van der Waals surface area contributed by atoms with E-state index in [9.17, 15) is 15.3 Å². The number of ether oxygens (including phenoxy) is 2. The lowest BCUT2D eigenvalue weighted by Crippen LogP contribution is -2.27. The lowest BCUT2D eigenvalue weighted by Gasteiger charge is -2.28. The van der Waals surface area contributed by atoms with E-state index in [4.69, 9.17) is 9.47 Å². The van der Waals surface area contributed by atoms with Crippen LogP contribution in [0.4, 0.5) is 0 Å². The summed E-state index contributed by atoms with van der Waals surface area (Å²) in [5, 5.41) is 29.7. The molecule has 142 valence electrons. The molecular weight excluding hydrogens is 332 g/mol. The fraction of sp³-hybridized carbons (Fsp3) is 0.429. The van der Waals surface area contributed by atoms with Gasteiger partial charge in [-0.3, -0.25) is 0 Å². The third-order valence-electron chi connectivity index (χ3n) is 4.40. The zero-order valence-electron chi connectivity index (χ0n) is 16.3. The van der Waals surface area contributed by atoms with Crippen molar-refractivity contribution in [1.29, 1.82) is 0 Å². The van der Waals surface area contributed by atoms with Crippen molar-refractivity contribution in [3.8, 4) is 28.7 Å². The molecule has 0 amide bonds. The average Bonchev–Trinajstić information content (AvgIpc) is 2.54. The third-order valence-corrected chi connectivity index (χ3v) is 4.40. The Kier molecular flexibility index (Phi) is 5.31. The number of methoxy groups -OCH3 is 1. The Morgan fingerprint density at radius 3 is 2.15 bits per heavy atom. The van der Waals surface area contributed by atoms with Gasteiger partial charge in [-0.25, -0.2) is 0 Å². The van der Waals surface area contributed by atoms with Crippen LogP contribution in [-0.4, -0.2) is 29.0 Å². The average molecular weight is 360 g/mol. The molecule has 0 aromatic heterocycles. The molecule has 0 bridgehead atoms. The molecule has 0 aliphatic heterocycles. The SMILES string of the molecule is COc1c(C(C)(C)COc2cc(O)cc(C(C)(C)C)c2)ccc(O)c1O. The Morgan fingerprint density at radius 1 is 0.923 bits per heavy atom. The van der Waals surface area contributed by atoms with Gasteiger partial charge in [-0.05, 0) is 29.2 Å². The van der Waals surface area contributed by atoms with Crippen LogP contribution in [0.2, 0.25) is 0 Å². The van der Waals surface area contributed by atoms with Gasteiger partial charge >= 0.3 is 0 Å². The normalized spacial score (nSPS) is 12.1. The third kappa shape index (κ3) is 4.15. The summed E-state index contributed by atoms with van der Waals surface area (Å²) in [6.07, 6.45) is 0. The molecule has 0 spiro atoms. The Labute approximate surface area is 154 Å². The summed E-state index contributed by atoms with van der Waals surface area (Å²) in [4.78, 5) is 0. The van der Waals surface area contributed by atoms with Gasteiger partial charge in [-0.1, -0.05) is 40.7 Å². The number of phenolic OH excluding ortho intramolecular Hbond substituents is 3. The summed E-state index contributed by atoms with van der Waals surface area (Å²) < 4.78 is 11.2. The smallest absolute Gasteiger partial charge is 0.200 e. The molecule has 0 fully saturated rings. The van der Waals surface area contributed by atoms with E-state index < -0.39 is 5.41 Å². The number of aromatic hydroxyl groups is 3. The Hall–Kier alpha value is -2.56. The van der Waals surface area contributed by atoms with E-state index in [0.717, 1.165) is 5.56 Å². The van der Waals surface area contributed by atoms with Gasteiger partial charge in [-0.15, -0.1) is 0 Å². The maximum absolute atomic E-state index is 10.0. The van der Waals surface area contributed by atoms with E-state index in [-0.39, 0.29) is 28.4 Å². The Bertz CT molecular complexity index is 788. The van der Waals surface area contributed by atoms with Crippen molar-refractivity contribution in [1.82, 2.24) is 0 Å². The van der Waals surface area contributed by atoms with Crippen LogP contribution in [0.15, 0.2) is 30.3 Å². The van der Waals surface area contributed by atoms with Crippen LogP contribution < -0.4 is 9.47 Å². The topological polar surface area (TPSA) is 79.2 Å². The first kappa shape index (κ1) is 19.8. The number of phenols is 3. The predicted molar refractivity (Wildman–Crippen MR) is 102 cm³/mol. The van der Waals surface area contributed by atoms with Crippen LogP contribution in [-0.2, 0) is 10.8 Å². The summed E-state index contributed by atoms with van der Waals surface area (Å²) in [7, 11) is 1.44. The number of rotatable bonds is 5. The molecule has 3 N–H and O–H groups in total. The minimum absolute atomic E-state index is 0.113. The van der Waals surface area contributed by atoms with Gasteiger partial charge in [0.05, 0.1) is 13.7 Å². The lowest BCUT2D eigenvalue weighted by atomic mass is 9.84. The molecule has 2 aromatic carbocycles. The first-order valence-corrected chi connectivity index (χ1v) is 8.52. The lowest BCUT2D eigenvalue weighted by molar-refractivity contribution is 0.233. The highest BCUT2D eigenvalue weighted by atomic mass is 16.5. The zero-order valence-corrected chi connectivity index (χ0v) is 16.3. The van der Waals surface area contributed by atoms with Crippen LogP contribution in [0, 0.1) is 0 Å². The van der Waals surface area contributed by atoms with Crippen LogP contribution in [0.3, 0.4) is 0 Å². The van der Waals surface area contributed by atoms with Crippen LogP contribution in [0.5, 0.6) is 28.7 Å². The zero-order chi connectivity index (χ0) is 19.7. The van der Waals surface area contributed by atoms with E-state index in [1.807, 2.05) is 19.9 Å². The van der Waals surface area contributed by atoms with Crippen LogP contribution in [0.1, 0.15) is 45.7 Å². The highest BCUT2D eigenvalue weighted by Gasteiger charge is 2.28. The highest BCUT2D eigenvalue weighted by Crippen LogP contribution is 2.43. The van der Waals surface area contributed by atoms with E-state index in [1.165, 1.54) is 13.2 Å². The molecule has 0 saturated heterocycles. The molecule has 0 atom stereocenters. The second-order valence-corrected chi connectivity index (χ2v) is 8.15. The first-order chi connectivity index (χ1) is 12.0. The van der Waals surface area contributed by atoms with Gasteiger partial charge in [0.25, 0.3) is 0 Å². The minimum Gasteiger partial charge on any atom is -0.508 e. The summed E-state index contributed by atoms with van der Waals surface area (Å²) >= 11 is 0. The molecule has 0 aliphatic carbocycles. The van der Waals surface area contributed by atoms with Gasteiger partial charge < -0.3 is 24.8 Å². The largest absolute Gasteiger partial charge is 0.508 e. The molecule has 0 saturated carbocycles. The van der Waals surface area contributed by atoms with E-state index in [0.29, 0.717) is 17.9 Å². The maximum Gasteiger partial charge on any atom is 0.200 e. The van der Waals surface area contributed by atoms with E-state index in [2.05, 4.69) is 20.8 Å². The molecule has 5 nitrogen and oxygen atoms in total. The molecule has 0 aliphatic rings. The number of benzene rings is 2. The quantitative estimate of drug-likeness (QED) is 0.686. The Balaban J connectivity index is 2.29. The molecule has 0 radical (unpaired) electrons. The first-order valence-electron chi connectivity index (χ1n) is 8.52. The fourth-order valence-electron chi connectivity index (χ4n) is 2.74. The summed E-state index contributed by atoms with van der Waals surface area (Å²) in [5.41, 5.74) is 1.07. The van der Waals surface area contributed by atoms with E-state index >= 15 is 0 Å². The van der Waals surface area contributed by atoms with Gasteiger partial charge in [0.1, 0.15) is 11.5 Å². The molecule has 26 heavy (non-hydrogen) atoms. The fourth-order valence-corrected chi connectivity index (χ4v) is 2.74. The van der Waals surface area contributed by atoms with E-state index in [1.54, 1.807) is 18.2 Å². The Morgan fingerprint density at radius 2 is 1.58 bits per heavy atom. The van der Waals surface area contributed by atoms with Crippen molar-refractivity contribution in [2.75, 3.05) is 13.7 Å². The van der Waals surface area contributed by atoms with Crippen molar-refractivity contribution in [2.24, 2.45) is 0 Å². The van der Waals surface area contributed by atoms with Crippen molar-refractivity contribution in [3.63, 3.8) is 0 Å². The summed E-state index contributed by atoms with van der Waals surface area (Å²) in [6.45, 7) is 10.4. The van der Waals surface area contributed by atoms with Crippen LogP contribution in [0.25, 0.3) is 0 Å². The molecule has 0 unspecified atom stereocenters. The van der Waals surface area contributed by atoms with Crippen molar-refractivity contribution in [2.45, 2.75) is 45.4 Å². The second-order valence-electron chi connectivity index (χ2n) is 8.15. The van der Waals surface area contributed by atoms with Gasteiger partial charge in [0, 0.05) is 17.0 Å². The molecule has 5 heteroatoms. The maximum atomic E-state index is 10.0. The minimum atomic E-state index is -0.510. The van der Waals surface area contributed by atoms with Crippen LogP contribution >= 0.6 is 0 Å². The number of hydrogen-bond acceptors (Lipinski definition) is 5. The standard InChI is InChI=1S/C21H28O5/c1-20(2,3)13-9-14(22)11-15(10-13)26-12-21(4,5)16-7-8-17(23)18(24)19(16)25-6/h7-11,22-24H,12H2,1-6H3. The summed E-state index contributed by atoms with van der Waals surface area (Å²) in [6, 6.07) is 8.37. The van der Waals surface area contributed by atoms with Crippen molar-refractivity contribution >= 4 is 0 Å². The van der Waals surface area contributed by atoms with Crippen molar-refractivity contribution in [3.05, 3.63) is 41.5 Å². The van der Waals surface area contributed by atoms with Gasteiger partial charge in [-0.2, -0.15) is 0 Å². The highest BCUT2D eigenvalue weighted by molar-refractivity contribution is 5.56. The van der Waals surface area contributed by atoms with Gasteiger partial charge in [0.2, 0.25) is 5.75 Å². The number of hydrogen-bond donors (Lipinski definition) is 3. The molecular formula is C21H28O5. The second kappa shape index (κ2) is 6.98. The molecule has 2 aromatic rings. The monoisotopic (exact) mass is 360 g/mol. The van der Waals surface area contributed by atoms with Crippen molar-refractivity contribution < 1.29 is 24.8 Å². The summed E-state index contributed by atoms with van der Waals surface area (Å²) in [5.74, 6) is 0.440.